The Hall–Kier alpha value is -3.75. The first-order valence-corrected chi connectivity index (χ1v) is 10.2. The fourth-order valence-corrected chi connectivity index (χ4v) is 3.73. The molecule has 4 rings (SSSR count). The van der Waals surface area contributed by atoms with E-state index in [1.165, 1.54) is 7.11 Å². The van der Waals surface area contributed by atoms with Crippen molar-refractivity contribution in [1.82, 2.24) is 0 Å². The third-order valence-corrected chi connectivity index (χ3v) is 5.54. The summed E-state index contributed by atoms with van der Waals surface area (Å²) in [4.78, 5) is 13.5. The largest absolute Gasteiger partial charge is 0.508 e. The number of aliphatic hydroxyl groups is 4. The van der Waals surface area contributed by atoms with E-state index in [1.54, 1.807) is 0 Å². The SMILES string of the molecule is COc1cc(O)cc2oc(-c3cc(O)c(O)c(O)c3)c(O[C@@H]3O[C@H](CO)[C@H](O)[C@@H](O)[C@@H]3O)c(=O)c12. The van der Waals surface area contributed by atoms with Crippen LogP contribution in [0, 0.1) is 0 Å². The topological polar surface area (TPSA) is 220 Å². The van der Waals surface area contributed by atoms with E-state index in [-0.39, 0.29) is 28.0 Å². The van der Waals surface area contributed by atoms with Gasteiger partial charge in [0.05, 0.1) is 13.7 Å². The summed E-state index contributed by atoms with van der Waals surface area (Å²) in [5, 5.41) is 79.2. The van der Waals surface area contributed by atoms with Gasteiger partial charge in [-0.25, -0.2) is 0 Å². The van der Waals surface area contributed by atoms with Crippen LogP contribution < -0.4 is 14.9 Å². The van der Waals surface area contributed by atoms with Gasteiger partial charge in [-0.1, -0.05) is 0 Å². The highest BCUT2D eigenvalue weighted by Gasteiger charge is 2.45. The first-order chi connectivity index (χ1) is 16.6. The molecule has 1 saturated heterocycles. The molecule has 1 aliphatic rings. The van der Waals surface area contributed by atoms with E-state index in [9.17, 15) is 45.6 Å². The molecule has 1 fully saturated rings. The second-order valence-corrected chi connectivity index (χ2v) is 7.79. The average Bonchev–Trinajstić information content (AvgIpc) is 2.83. The first kappa shape index (κ1) is 24.4. The molecule has 1 aliphatic heterocycles. The van der Waals surface area contributed by atoms with E-state index in [0.29, 0.717) is 0 Å². The average molecular weight is 494 g/mol. The molecule has 188 valence electrons. The van der Waals surface area contributed by atoms with Crippen LogP contribution in [0.5, 0.6) is 34.5 Å². The number of phenolic OH excluding ortho intramolecular Hbond substituents is 4. The maximum absolute atomic E-state index is 13.5. The predicted octanol–water partition coefficient (Wildman–Crippen LogP) is -0.530. The number of aromatic hydroxyl groups is 4. The molecule has 0 amide bonds. The highest BCUT2D eigenvalue weighted by molar-refractivity contribution is 5.89. The molecule has 2 heterocycles. The van der Waals surface area contributed by atoms with Crippen molar-refractivity contribution in [3.8, 4) is 45.8 Å². The smallest absolute Gasteiger partial charge is 0.239 e. The Labute approximate surface area is 195 Å². The summed E-state index contributed by atoms with van der Waals surface area (Å²) in [5.41, 5.74) is -1.25. The Morgan fingerprint density at radius 3 is 2.20 bits per heavy atom. The molecule has 0 bridgehead atoms. The molecule has 5 atom stereocenters. The molecule has 13 heteroatoms. The molecule has 3 aromatic rings. The van der Waals surface area contributed by atoms with E-state index in [2.05, 4.69) is 0 Å². The van der Waals surface area contributed by atoms with Crippen LogP contribution in [0.15, 0.2) is 33.5 Å². The fraction of sp³-hybridized carbons (Fsp3) is 0.318. The summed E-state index contributed by atoms with van der Waals surface area (Å²) >= 11 is 0. The van der Waals surface area contributed by atoms with Gasteiger partial charge in [-0.15, -0.1) is 0 Å². The van der Waals surface area contributed by atoms with Crippen LogP contribution in [0.4, 0.5) is 0 Å². The second-order valence-electron chi connectivity index (χ2n) is 7.79. The van der Waals surface area contributed by atoms with Gasteiger partial charge in [-0.2, -0.15) is 0 Å². The second kappa shape index (κ2) is 9.13. The molecule has 0 aliphatic carbocycles. The van der Waals surface area contributed by atoms with Gasteiger partial charge < -0.3 is 59.5 Å². The molecule has 1 aromatic heterocycles. The molecule has 0 saturated carbocycles. The van der Waals surface area contributed by atoms with Crippen molar-refractivity contribution in [2.24, 2.45) is 0 Å². The summed E-state index contributed by atoms with van der Waals surface area (Å²) in [5.74, 6) is -3.87. The lowest BCUT2D eigenvalue weighted by Crippen LogP contribution is -2.60. The lowest BCUT2D eigenvalue weighted by Gasteiger charge is -2.39. The zero-order valence-electron chi connectivity index (χ0n) is 18.0. The van der Waals surface area contributed by atoms with Crippen LogP contribution in [0.25, 0.3) is 22.3 Å². The number of methoxy groups -OCH3 is 1. The van der Waals surface area contributed by atoms with Crippen LogP contribution in [0.3, 0.4) is 0 Å². The van der Waals surface area contributed by atoms with Gasteiger partial charge in [0, 0.05) is 17.7 Å². The standard InChI is InChI=1S/C22H22O13/c1-32-11-4-8(24)5-12-14(11)17(29)21(20(33-12)7-2-9(25)15(27)10(26)3-7)35-22-19(31)18(30)16(28)13(6-23)34-22/h2-5,13,16,18-19,22-28,30-31H,6H2,1H3/t13-,16+,18-,19+,22+/m1/s1. The summed E-state index contributed by atoms with van der Waals surface area (Å²) in [7, 11) is 1.23. The maximum atomic E-state index is 13.5. The number of aliphatic hydroxyl groups excluding tert-OH is 4. The zero-order chi connectivity index (χ0) is 25.6. The van der Waals surface area contributed by atoms with Gasteiger partial charge in [0.1, 0.15) is 46.9 Å². The molecular weight excluding hydrogens is 472 g/mol. The van der Waals surface area contributed by atoms with Crippen molar-refractivity contribution in [2.75, 3.05) is 13.7 Å². The van der Waals surface area contributed by atoms with E-state index in [0.717, 1.165) is 24.3 Å². The lowest BCUT2D eigenvalue weighted by atomic mass is 9.99. The van der Waals surface area contributed by atoms with Crippen molar-refractivity contribution in [3.63, 3.8) is 0 Å². The number of rotatable bonds is 5. The quantitative estimate of drug-likeness (QED) is 0.209. The Morgan fingerprint density at radius 1 is 0.943 bits per heavy atom. The van der Waals surface area contributed by atoms with Crippen LogP contribution in [0.2, 0.25) is 0 Å². The van der Waals surface area contributed by atoms with Crippen LogP contribution in [-0.4, -0.2) is 85.3 Å². The zero-order valence-corrected chi connectivity index (χ0v) is 18.0. The summed E-state index contributed by atoms with van der Waals surface area (Å²) in [6.07, 6.45) is -8.50. The maximum Gasteiger partial charge on any atom is 0.239 e. The number of benzene rings is 2. The Bertz CT molecular complexity index is 1290. The Morgan fingerprint density at radius 2 is 1.60 bits per heavy atom. The van der Waals surface area contributed by atoms with Gasteiger partial charge in [0.15, 0.2) is 23.0 Å². The summed E-state index contributed by atoms with van der Waals surface area (Å²) < 4.78 is 21.8. The van der Waals surface area contributed by atoms with Gasteiger partial charge in [0.25, 0.3) is 0 Å². The Kier molecular flexibility index (Phi) is 6.36. The molecular formula is C22H22O13. The van der Waals surface area contributed by atoms with E-state index in [4.69, 9.17) is 18.6 Å². The van der Waals surface area contributed by atoms with Crippen LogP contribution in [-0.2, 0) is 4.74 Å². The predicted molar refractivity (Wildman–Crippen MR) is 116 cm³/mol. The van der Waals surface area contributed by atoms with E-state index in [1.807, 2.05) is 0 Å². The molecule has 0 radical (unpaired) electrons. The molecule has 0 spiro atoms. The van der Waals surface area contributed by atoms with Gasteiger partial charge >= 0.3 is 0 Å². The third kappa shape index (κ3) is 4.15. The van der Waals surface area contributed by atoms with Crippen LogP contribution in [0.1, 0.15) is 0 Å². The highest BCUT2D eigenvalue weighted by Crippen LogP contribution is 2.43. The minimum Gasteiger partial charge on any atom is -0.508 e. The lowest BCUT2D eigenvalue weighted by molar-refractivity contribution is -0.277. The molecule has 35 heavy (non-hydrogen) atoms. The molecule has 0 unspecified atom stereocenters. The van der Waals surface area contributed by atoms with Gasteiger partial charge in [0.2, 0.25) is 17.5 Å². The van der Waals surface area contributed by atoms with Gasteiger partial charge in [-0.3, -0.25) is 4.79 Å². The van der Waals surface area contributed by atoms with Gasteiger partial charge in [-0.05, 0) is 12.1 Å². The summed E-state index contributed by atoms with van der Waals surface area (Å²) in [6.45, 7) is -0.753. The summed E-state index contributed by atoms with van der Waals surface area (Å²) in [6, 6.07) is 4.12. The van der Waals surface area contributed by atoms with E-state index < -0.39 is 71.5 Å². The minimum atomic E-state index is -1.88. The number of hydrogen-bond acceptors (Lipinski definition) is 13. The molecule has 8 N–H and O–H groups in total. The van der Waals surface area contributed by atoms with Crippen molar-refractivity contribution in [1.29, 1.82) is 0 Å². The van der Waals surface area contributed by atoms with Crippen molar-refractivity contribution < 1.29 is 59.5 Å². The van der Waals surface area contributed by atoms with E-state index >= 15 is 0 Å². The van der Waals surface area contributed by atoms with Crippen molar-refractivity contribution in [2.45, 2.75) is 30.7 Å². The fourth-order valence-electron chi connectivity index (χ4n) is 3.73. The highest BCUT2D eigenvalue weighted by atomic mass is 16.7. The molecule has 2 aromatic carbocycles. The first-order valence-electron chi connectivity index (χ1n) is 10.2. The third-order valence-electron chi connectivity index (χ3n) is 5.54. The number of hydrogen-bond donors (Lipinski definition) is 8. The van der Waals surface area contributed by atoms with Crippen LogP contribution >= 0.6 is 0 Å². The minimum absolute atomic E-state index is 0.102. The normalized spacial score (nSPS) is 24.4. The number of phenols is 4. The Balaban J connectivity index is 1.96. The monoisotopic (exact) mass is 494 g/mol. The number of fused-ring (bicyclic) bond motifs is 1. The molecule has 13 nitrogen and oxygen atoms in total. The van der Waals surface area contributed by atoms with Crippen molar-refractivity contribution in [3.05, 3.63) is 34.5 Å². The van der Waals surface area contributed by atoms with Crippen molar-refractivity contribution >= 4 is 11.0 Å². The number of ether oxygens (including phenoxy) is 3.